The van der Waals surface area contributed by atoms with Gasteiger partial charge in [-0.3, -0.25) is 0 Å². The largest absolute Gasteiger partial charge is 0.310 e. The Morgan fingerprint density at radius 3 is 1.05 bits per heavy atom. The average molecular weight is 702 g/mol. The SMILES string of the molecule is c1ccc(-c2ccc(N(c3ccc(-c4ccccc4)cc3)c3ccccc3-c3cccc(-c4ccccc4)c3-c3ccccc3-c3ccccc3)cc2)cc1. The van der Waals surface area contributed by atoms with E-state index in [4.69, 9.17) is 0 Å². The molecule has 0 aromatic heterocycles. The zero-order chi connectivity index (χ0) is 36.8. The molecule has 0 saturated carbocycles. The summed E-state index contributed by atoms with van der Waals surface area (Å²) in [6, 6.07) is 85.0. The first-order chi connectivity index (χ1) is 27.3. The standard InChI is InChI=1S/C54H39N/c1-5-18-40(19-6-1)42-32-36-46(37-33-42)55(47-38-34-43(35-39-47)41-20-7-2-8-21-41)53-31-16-15-27-50(53)52-30-17-29-49(45-24-11-4-12-25-45)54(52)51-28-14-13-26-48(51)44-22-9-3-10-23-44/h1-39H. The Balaban J connectivity index is 1.26. The molecule has 1 nitrogen and oxygen atoms in total. The Kier molecular flexibility index (Phi) is 9.41. The molecule has 0 heterocycles. The molecule has 260 valence electrons. The summed E-state index contributed by atoms with van der Waals surface area (Å²) in [5.41, 5.74) is 17.6. The Bertz CT molecular complexity index is 2560. The van der Waals surface area contributed by atoms with Crippen molar-refractivity contribution < 1.29 is 0 Å². The topological polar surface area (TPSA) is 3.24 Å². The summed E-state index contributed by atoms with van der Waals surface area (Å²) < 4.78 is 0. The molecule has 9 aromatic carbocycles. The molecule has 55 heavy (non-hydrogen) atoms. The quantitative estimate of drug-likeness (QED) is 0.145. The average Bonchev–Trinajstić information content (AvgIpc) is 3.28. The van der Waals surface area contributed by atoms with E-state index in [2.05, 4.69) is 241 Å². The molecule has 0 amide bonds. The van der Waals surface area contributed by atoms with Crippen LogP contribution in [0.15, 0.2) is 237 Å². The van der Waals surface area contributed by atoms with Gasteiger partial charge in [-0.2, -0.15) is 0 Å². The molecule has 0 bridgehead atoms. The summed E-state index contributed by atoms with van der Waals surface area (Å²) in [5.74, 6) is 0. The maximum absolute atomic E-state index is 2.40. The highest BCUT2D eigenvalue weighted by Gasteiger charge is 2.22. The second-order valence-electron chi connectivity index (χ2n) is 13.7. The van der Waals surface area contributed by atoms with Crippen LogP contribution in [0.25, 0.3) is 66.8 Å². The Morgan fingerprint density at radius 1 is 0.200 bits per heavy atom. The van der Waals surface area contributed by atoms with Crippen LogP contribution < -0.4 is 4.90 Å². The molecule has 0 aliphatic rings. The van der Waals surface area contributed by atoms with Crippen molar-refractivity contribution in [3.05, 3.63) is 237 Å². The summed E-state index contributed by atoms with van der Waals surface area (Å²) >= 11 is 0. The van der Waals surface area contributed by atoms with Crippen LogP contribution in [-0.2, 0) is 0 Å². The fourth-order valence-electron chi connectivity index (χ4n) is 7.69. The van der Waals surface area contributed by atoms with E-state index < -0.39 is 0 Å². The molecular formula is C54H39N. The van der Waals surface area contributed by atoms with E-state index >= 15 is 0 Å². The lowest BCUT2D eigenvalue weighted by Gasteiger charge is -2.29. The van der Waals surface area contributed by atoms with Crippen LogP contribution in [0.5, 0.6) is 0 Å². The van der Waals surface area contributed by atoms with Crippen LogP contribution in [0.2, 0.25) is 0 Å². The second-order valence-corrected chi connectivity index (χ2v) is 13.7. The number of hydrogen-bond donors (Lipinski definition) is 0. The highest BCUT2D eigenvalue weighted by Crippen LogP contribution is 2.48. The summed E-state index contributed by atoms with van der Waals surface area (Å²) in [7, 11) is 0. The highest BCUT2D eigenvalue weighted by molar-refractivity contribution is 6.02. The van der Waals surface area contributed by atoms with Gasteiger partial charge < -0.3 is 4.90 Å². The van der Waals surface area contributed by atoms with Gasteiger partial charge >= 0.3 is 0 Å². The van der Waals surface area contributed by atoms with E-state index in [1.165, 1.54) is 61.2 Å². The highest BCUT2D eigenvalue weighted by atomic mass is 15.1. The first kappa shape index (κ1) is 33.6. The van der Waals surface area contributed by atoms with Gasteiger partial charge in [0.1, 0.15) is 0 Å². The number of para-hydroxylation sites is 1. The predicted octanol–water partition coefficient (Wildman–Crippen LogP) is 15.2. The molecule has 0 fully saturated rings. The van der Waals surface area contributed by atoms with Gasteiger partial charge in [0.15, 0.2) is 0 Å². The Hall–Kier alpha value is -7.22. The van der Waals surface area contributed by atoms with Crippen LogP contribution in [0.3, 0.4) is 0 Å². The maximum Gasteiger partial charge on any atom is 0.0540 e. The van der Waals surface area contributed by atoms with Crippen molar-refractivity contribution in [2.24, 2.45) is 0 Å². The van der Waals surface area contributed by atoms with Crippen molar-refractivity contribution >= 4 is 17.1 Å². The molecule has 0 radical (unpaired) electrons. The fourth-order valence-corrected chi connectivity index (χ4v) is 7.69. The van der Waals surface area contributed by atoms with Crippen molar-refractivity contribution in [3.63, 3.8) is 0 Å². The van der Waals surface area contributed by atoms with Gasteiger partial charge in [0.25, 0.3) is 0 Å². The van der Waals surface area contributed by atoms with Gasteiger partial charge in [-0.1, -0.05) is 206 Å². The van der Waals surface area contributed by atoms with Gasteiger partial charge in [0.05, 0.1) is 5.69 Å². The van der Waals surface area contributed by atoms with E-state index in [-0.39, 0.29) is 0 Å². The molecule has 0 atom stereocenters. The van der Waals surface area contributed by atoms with Crippen molar-refractivity contribution in [1.29, 1.82) is 0 Å². The molecule has 9 aromatic rings. The van der Waals surface area contributed by atoms with Crippen LogP contribution in [0, 0.1) is 0 Å². The van der Waals surface area contributed by atoms with Crippen molar-refractivity contribution in [3.8, 4) is 66.8 Å². The van der Waals surface area contributed by atoms with Crippen LogP contribution in [-0.4, -0.2) is 0 Å². The number of hydrogen-bond acceptors (Lipinski definition) is 1. The molecule has 0 aliphatic heterocycles. The second kappa shape index (κ2) is 15.4. The third-order valence-electron chi connectivity index (χ3n) is 10.3. The zero-order valence-corrected chi connectivity index (χ0v) is 30.5. The summed E-state index contributed by atoms with van der Waals surface area (Å²) in [5, 5.41) is 0. The minimum atomic E-state index is 1.09. The molecule has 0 saturated heterocycles. The van der Waals surface area contributed by atoms with Crippen molar-refractivity contribution in [2.75, 3.05) is 4.90 Å². The summed E-state index contributed by atoms with van der Waals surface area (Å²) in [4.78, 5) is 2.40. The van der Waals surface area contributed by atoms with Gasteiger partial charge in [0, 0.05) is 16.9 Å². The molecule has 0 N–H and O–H groups in total. The predicted molar refractivity (Wildman–Crippen MR) is 234 cm³/mol. The first-order valence-corrected chi connectivity index (χ1v) is 18.9. The molecule has 0 unspecified atom stereocenters. The summed E-state index contributed by atoms with van der Waals surface area (Å²) in [6.45, 7) is 0. The van der Waals surface area contributed by atoms with E-state index in [1.807, 2.05) is 0 Å². The van der Waals surface area contributed by atoms with Gasteiger partial charge in [-0.25, -0.2) is 0 Å². The van der Waals surface area contributed by atoms with Crippen molar-refractivity contribution in [2.45, 2.75) is 0 Å². The number of benzene rings is 9. The van der Waals surface area contributed by atoms with Gasteiger partial charge in [0.2, 0.25) is 0 Å². The molecular weight excluding hydrogens is 663 g/mol. The smallest absolute Gasteiger partial charge is 0.0540 e. The lowest BCUT2D eigenvalue weighted by molar-refractivity contribution is 1.28. The van der Waals surface area contributed by atoms with Gasteiger partial charge in [-0.15, -0.1) is 0 Å². The van der Waals surface area contributed by atoms with E-state index in [9.17, 15) is 0 Å². The lowest BCUT2D eigenvalue weighted by atomic mass is 9.84. The Labute approximate surface area is 324 Å². The minimum absolute atomic E-state index is 1.09. The van der Waals surface area contributed by atoms with E-state index in [0.717, 1.165) is 22.6 Å². The van der Waals surface area contributed by atoms with Crippen LogP contribution >= 0.6 is 0 Å². The van der Waals surface area contributed by atoms with E-state index in [0.29, 0.717) is 0 Å². The monoisotopic (exact) mass is 701 g/mol. The normalized spacial score (nSPS) is 10.9. The third kappa shape index (κ3) is 6.88. The minimum Gasteiger partial charge on any atom is -0.310 e. The van der Waals surface area contributed by atoms with Crippen LogP contribution in [0.1, 0.15) is 0 Å². The first-order valence-electron chi connectivity index (χ1n) is 18.9. The fraction of sp³-hybridized carbons (Fsp3) is 0. The zero-order valence-electron chi connectivity index (χ0n) is 30.5. The van der Waals surface area contributed by atoms with Crippen molar-refractivity contribution in [1.82, 2.24) is 0 Å². The molecule has 0 aliphatic carbocycles. The molecule has 9 rings (SSSR count). The maximum atomic E-state index is 2.40. The van der Waals surface area contributed by atoms with E-state index in [1.54, 1.807) is 0 Å². The number of nitrogens with zero attached hydrogens (tertiary/aromatic N) is 1. The summed E-state index contributed by atoms with van der Waals surface area (Å²) in [6.07, 6.45) is 0. The van der Waals surface area contributed by atoms with Gasteiger partial charge in [-0.05, 0) is 91.5 Å². The molecule has 1 heteroatoms. The molecule has 0 spiro atoms. The Morgan fingerprint density at radius 2 is 0.545 bits per heavy atom. The number of anilines is 3. The lowest BCUT2D eigenvalue weighted by Crippen LogP contribution is -2.11. The third-order valence-corrected chi connectivity index (χ3v) is 10.3. The number of rotatable bonds is 9. The van der Waals surface area contributed by atoms with Crippen LogP contribution in [0.4, 0.5) is 17.1 Å².